The average molecular weight is 333 g/mol. The van der Waals surface area contributed by atoms with Crippen LogP contribution in [-0.2, 0) is 17.7 Å². The minimum Gasteiger partial charge on any atom is -0.379 e. The highest BCUT2D eigenvalue weighted by atomic mass is 79.9. The number of rotatable bonds is 7. The quantitative estimate of drug-likeness (QED) is 0.593. The third-order valence-electron chi connectivity index (χ3n) is 3.42. The molecule has 0 aliphatic rings. The first-order chi connectivity index (χ1) is 8.84. The molecule has 0 amide bonds. The highest BCUT2D eigenvalue weighted by molar-refractivity contribution is 9.10. The van der Waals surface area contributed by atoms with E-state index >= 15 is 0 Å². The lowest BCUT2D eigenvalue weighted by molar-refractivity contribution is 0.00694. The van der Waals surface area contributed by atoms with Crippen molar-refractivity contribution in [3.8, 4) is 0 Å². The van der Waals surface area contributed by atoms with Gasteiger partial charge in [0.15, 0.2) is 0 Å². The van der Waals surface area contributed by atoms with E-state index in [4.69, 9.17) is 10.6 Å². The second kappa shape index (κ2) is 6.83. The van der Waals surface area contributed by atoms with Crippen LogP contribution in [0.3, 0.4) is 0 Å². The number of aromatic nitrogens is 2. The number of hydrogen-bond donors (Lipinski definition) is 2. The number of nitrogens with two attached hydrogens (primary N) is 1. The summed E-state index contributed by atoms with van der Waals surface area (Å²) in [4.78, 5) is 0. The van der Waals surface area contributed by atoms with E-state index in [1.165, 1.54) is 5.69 Å². The van der Waals surface area contributed by atoms with Crippen molar-refractivity contribution < 1.29 is 4.74 Å². The van der Waals surface area contributed by atoms with Crippen LogP contribution in [0.15, 0.2) is 4.47 Å². The summed E-state index contributed by atoms with van der Waals surface area (Å²) in [5.74, 6) is 5.68. The maximum absolute atomic E-state index is 5.68. The second-order valence-corrected chi connectivity index (χ2v) is 6.19. The molecule has 110 valence electrons. The fraction of sp³-hybridized carbons (Fsp3) is 0.769. The Morgan fingerprint density at radius 1 is 1.53 bits per heavy atom. The standard InChI is InChI=1S/C13H25BrN4O/c1-6-18-11(12(14)9(2)17-18)7-10(16-15)8-13(3,4)19-5/h10,16H,6-8,15H2,1-5H3. The fourth-order valence-corrected chi connectivity index (χ4v) is 2.61. The van der Waals surface area contributed by atoms with Crippen molar-refractivity contribution >= 4 is 15.9 Å². The van der Waals surface area contributed by atoms with Crippen molar-refractivity contribution in [2.45, 2.75) is 58.7 Å². The van der Waals surface area contributed by atoms with Gasteiger partial charge in [0.25, 0.3) is 0 Å². The van der Waals surface area contributed by atoms with Crippen molar-refractivity contribution in [2.24, 2.45) is 5.84 Å². The molecule has 0 aliphatic heterocycles. The Kier molecular flexibility index (Phi) is 5.98. The zero-order valence-corrected chi connectivity index (χ0v) is 14.0. The molecular weight excluding hydrogens is 308 g/mol. The maximum Gasteiger partial charge on any atom is 0.0738 e. The van der Waals surface area contributed by atoms with E-state index in [9.17, 15) is 0 Å². The first kappa shape index (κ1) is 16.6. The first-order valence-corrected chi connectivity index (χ1v) is 7.37. The van der Waals surface area contributed by atoms with E-state index in [1.807, 2.05) is 11.6 Å². The maximum atomic E-state index is 5.68. The normalized spacial score (nSPS) is 13.8. The average Bonchev–Trinajstić information content (AvgIpc) is 2.65. The molecule has 0 radical (unpaired) electrons. The van der Waals surface area contributed by atoms with E-state index in [0.717, 1.165) is 29.6 Å². The molecule has 0 bridgehead atoms. The van der Waals surface area contributed by atoms with Gasteiger partial charge in [-0.1, -0.05) is 0 Å². The number of nitrogens with one attached hydrogen (secondary N) is 1. The highest BCUT2D eigenvalue weighted by Crippen LogP contribution is 2.24. The lowest BCUT2D eigenvalue weighted by Gasteiger charge is -2.28. The van der Waals surface area contributed by atoms with Crippen LogP contribution in [-0.4, -0.2) is 28.5 Å². The molecule has 1 atom stereocenters. The van der Waals surface area contributed by atoms with Gasteiger partial charge in [-0.25, -0.2) is 0 Å². The monoisotopic (exact) mass is 332 g/mol. The van der Waals surface area contributed by atoms with E-state index < -0.39 is 0 Å². The Morgan fingerprint density at radius 2 is 2.16 bits per heavy atom. The van der Waals surface area contributed by atoms with Gasteiger partial charge >= 0.3 is 0 Å². The Balaban J connectivity index is 2.87. The summed E-state index contributed by atoms with van der Waals surface area (Å²) in [7, 11) is 1.73. The van der Waals surface area contributed by atoms with Gasteiger partial charge < -0.3 is 4.74 Å². The lowest BCUT2D eigenvalue weighted by atomic mass is 9.96. The molecular formula is C13H25BrN4O. The van der Waals surface area contributed by atoms with Crippen LogP contribution in [0.4, 0.5) is 0 Å². The van der Waals surface area contributed by atoms with Gasteiger partial charge in [0.1, 0.15) is 0 Å². The van der Waals surface area contributed by atoms with Crippen LogP contribution in [0, 0.1) is 6.92 Å². The number of hydrazine groups is 1. The largest absolute Gasteiger partial charge is 0.379 e. The summed E-state index contributed by atoms with van der Waals surface area (Å²) < 4.78 is 8.56. The summed E-state index contributed by atoms with van der Waals surface area (Å²) in [6.07, 6.45) is 1.65. The Morgan fingerprint density at radius 3 is 2.63 bits per heavy atom. The summed E-state index contributed by atoms with van der Waals surface area (Å²) in [5, 5.41) is 4.50. The fourth-order valence-electron chi connectivity index (χ4n) is 2.16. The van der Waals surface area contributed by atoms with Gasteiger partial charge in [-0.05, 0) is 50.0 Å². The van der Waals surface area contributed by atoms with Gasteiger partial charge in [-0.3, -0.25) is 16.0 Å². The predicted octanol–water partition coefficient (Wildman–Crippen LogP) is 2.16. The number of hydrogen-bond acceptors (Lipinski definition) is 4. The molecule has 0 aliphatic carbocycles. The van der Waals surface area contributed by atoms with E-state index in [-0.39, 0.29) is 11.6 Å². The zero-order chi connectivity index (χ0) is 14.6. The molecule has 0 aromatic carbocycles. The molecule has 0 fully saturated rings. The molecule has 1 aromatic heterocycles. The molecule has 1 unspecified atom stereocenters. The number of ether oxygens (including phenoxy) is 1. The summed E-state index contributed by atoms with van der Waals surface area (Å²) in [6, 6.07) is 0.146. The molecule has 3 N–H and O–H groups in total. The Bertz CT molecular complexity index is 417. The first-order valence-electron chi connectivity index (χ1n) is 6.57. The van der Waals surface area contributed by atoms with Gasteiger partial charge in [0.2, 0.25) is 0 Å². The minimum absolute atomic E-state index is 0.146. The SMILES string of the molecule is CCn1nc(C)c(Br)c1CC(CC(C)(C)OC)NN. The van der Waals surface area contributed by atoms with Crippen LogP contribution in [0.1, 0.15) is 38.6 Å². The molecule has 0 saturated carbocycles. The zero-order valence-electron chi connectivity index (χ0n) is 12.5. The van der Waals surface area contributed by atoms with Crippen molar-refractivity contribution in [3.05, 3.63) is 15.9 Å². The molecule has 5 nitrogen and oxygen atoms in total. The van der Waals surface area contributed by atoms with Crippen LogP contribution in [0.2, 0.25) is 0 Å². The Labute approximate surface area is 124 Å². The molecule has 1 aromatic rings. The van der Waals surface area contributed by atoms with Crippen molar-refractivity contribution in [1.82, 2.24) is 15.2 Å². The van der Waals surface area contributed by atoms with Gasteiger partial charge in [0, 0.05) is 26.1 Å². The van der Waals surface area contributed by atoms with Gasteiger partial charge in [-0.15, -0.1) is 0 Å². The van der Waals surface area contributed by atoms with Crippen LogP contribution in [0.25, 0.3) is 0 Å². The molecule has 0 spiro atoms. The third-order valence-corrected chi connectivity index (χ3v) is 4.45. The van der Waals surface area contributed by atoms with Crippen LogP contribution >= 0.6 is 15.9 Å². The molecule has 0 saturated heterocycles. The van der Waals surface area contributed by atoms with Crippen molar-refractivity contribution in [1.29, 1.82) is 0 Å². The van der Waals surface area contributed by atoms with Gasteiger partial charge in [0.05, 0.1) is 21.5 Å². The third kappa shape index (κ3) is 4.27. The smallest absolute Gasteiger partial charge is 0.0738 e. The van der Waals surface area contributed by atoms with E-state index in [1.54, 1.807) is 7.11 Å². The molecule has 1 heterocycles. The predicted molar refractivity (Wildman–Crippen MR) is 80.9 cm³/mol. The topological polar surface area (TPSA) is 65.1 Å². The van der Waals surface area contributed by atoms with Gasteiger partial charge in [-0.2, -0.15) is 5.10 Å². The van der Waals surface area contributed by atoms with E-state index in [2.05, 4.69) is 47.2 Å². The highest BCUT2D eigenvalue weighted by Gasteiger charge is 2.24. The molecule has 6 heteroatoms. The number of nitrogens with zero attached hydrogens (tertiary/aromatic N) is 2. The number of methoxy groups -OCH3 is 1. The lowest BCUT2D eigenvalue weighted by Crippen LogP contribution is -2.43. The van der Waals surface area contributed by atoms with Crippen molar-refractivity contribution in [2.75, 3.05) is 7.11 Å². The molecule has 19 heavy (non-hydrogen) atoms. The summed E-state index contributed by atoms with van der Waals surface area (Å²) in [5.41, 5.74) is 4.88. The molecule has 1 rings (SSSR count). The second-order valence-electron chi connectivity index (χ2n) is 5.40. The minimum atomic E-state index is -0.199. The summed E-state index contributed by atoms with van der Waals surface area (Å²) in [6.45, 7) is 9.08. The van der Waals surface area contributed by atoms with Crippen LogP contribution in [0.5, 0.6) is 0 Å². The van der Waals surface area contributed by atoms with E-state index in [0.29, 0.717) is 0 Å². The van der Waals surface area contributed by atoms with Crippen LogP contribution < -0.4 is 11.3 Å². The Hall–Kier alpha value is -0.430. The van der Waals surface area contributed by atoms with Crippen molar-refractivity contribution in [3.63, 3.8) is 0 Å². The number of halogens is 1. The number of aryl methyl sites for hydroxylation is 2. The summed E-state index contributed by atoms with van der Waals surface area (Å²) >= 11 is 3.61.